The van der Waals surface area contributed by atoms with Crippen LogP contribution < -0.4 is 0 Å². The summed E-state index contributed by atoms with van der Waals surface area (Å²) in [5.41, 5.74) is -2.85. The van der Waals surface area contributed by atoms with Gasteiger partial charge >= 0.3 is 12.1 Å². The molecule has 1 aromatic rings. The normalized spacial score (nSPS) is 22.4. The van der Waals surface area contributed by atoms with E-state index in [2.05, 4.69) is 4.98 Å². The third-order valence-electron chi connectivity index (χ3n) is 3.48. The van der Waals surface area contributed by atoms with E-state index >= 15 is 0 Å². The van der Waals surface area contributed by atoms with Gasteiger partial charge in [-0.2, -0.15) is 13.2 Å². The van der Waals surface area contributed by atoms with Crippen LogP contribution in [0.1, 0.15) is 16.8 Å². The largest absolute Gasteiger partial charge is 0.481 e. The first-order chi connectivity index (χ1) is 9.67. The maximum Gasteiger partial charge on any atom is 0.406 e. The van der Waals surface area contributed by atoms with Gasteiger partial charge in [0.15, 0.2) is 5.41 Å². The van der Waals surface area contributed by atoms with E-state index in [9.17, 15) is 22.8 Å². The minimum Gasteiger partial charge on any atom is -0.481 e. The van der Waals surface area contributed by atoms with Gasteiger partial charge in [-0.25, -0.2) is 4.98 Å². The molecule has 2 rings (SSSR count). The molecule has 1 amide bonds. The quantitative estimate of drug-likeness (QED) is 0.848. The van der Waals surface area contributed by atoms with Gasteiger partial charge in [-0.1, -0.05) is 11.6 Å². The summed E-state index contributed by atoms with van der Waals surface area (Å²) in [7, 11) is 0. The van der Waals surface area contributed by atoms with Gasteiger partial charge in [0.1, 0.15) is 5.15 Å². The van der Waals surface area contributed by atoms with Gasteiger partial charge in [0, 0.05) is 24.8 Å². The second-order valence-corrected chi connectivity index (χ2v) is 5.12. The first-order valence-electron chi connectivity index (χ1n) is 5.88. The molecular formula is C12H10ClF3N2O3. The van der Waals surface area contributed by atoms with Crippen LogP contribution in [-0.4, -0.2) is 46.1 Å². The molecule has 1 unspecified atom stereocenters. The van der Waals surface area contributed by atoms with Crippen molar-refractivity contribution >= 4 is 23.5 Å². The van der Waals surface area contributed by atoms with E-state index in [1.807, 2.05) is 0 Å². The van der Waals surface area contributed by atoms with E-state index < -0.39 is 36.4 Å². The minimum atomic E-state index is -4.93. The van der Waals surface area contributed by atoms with Crippen LogP contribution in [0.3, 0.4) is 0 Å². The number of alkyl halides is 3. The molecular weight excluding hydrogens is 313 g/mol. The SMILES string of the molecule is O=C(c1ccnc(Cl)c1)N1CCC(C(=O)O)(C(F)(F)F)C1. The zero-order valence-corrected chi connectivity index (χ0v) is 11.3. The average Bonchev–Trinajstić information content (AvgIpc) is 2.83. The second kappa shape index (κ2) is 5.18. The zero-order chi connectivity index (χ0) is 15.8. The molecule has 2 heterocycles. The van der Waals surface area contributed by atoms with Crippen molar-refractivity contribution in [1.29, 1.82) is 0 Å². The molecule has 0 aliphatic carbocycles. The van der Waals surface area contributed by atoms with E-state index in [0.717, 1.165) is 4.90 Å². The van der Waals surface area contributed by atoms with Crippen molar-refractivity contribution in [3.05, 3.63) is 29.0 Å². The lowest BCUT2D eigenvalue weighted by molar-refractivity contribution is -0.227. The molecule has 0 spiro atoms. The summed E-state index contributed by atoms with van der Waals surface area (Å²) in [6.45, 7) is -1.20. The number of nitrogens with zero attached hydrogens (tertiary/aromatic N) is 2. The van der Waals surface area contributed by atoms with Gasteiger partial charge in [-0.15, -0.1) is 0 Å². The summed E-state index contributed by atoms with van der Waals surface area (Å²) in [4.78, 5) is 27.7. The van der Waals surface area contributed by atoms with Gasteiger partial charge in [-0.05, 0) is 18.6 Å². The van der Waals surface area contributed by atoms with Crippen molar-refractivity contribution < 1.29 is 27.9 Å². The average molecular weight is 323 g/mol. The Morgan fingerprint density at radius 3 is 2.57 bits per heavy atom. The maximum atomic E-state index is 13.0. The number of carbonyl (C=O) groups is 2. The molecule has 9 heteroatoms. The summed E-state index contributed by atoms with van der Waals surface area (Å²) >= 11 is 5.62. The Morgan fingerprint density at radius 1 is 1.43 bits per heavy atom. The summed E-state index contributed by atoms with van der Waals surface area (Å²) in [6, 6.07) is 2.53. The van der Waals surface area contributed by atoms with Crippen LogP contribution in [-0.2, 0) is 4.79 Å². The number of pyridine rings is 1. The summed E-state index contributed by atoms with van der Waals surface area (Å²) < 4.78 is 39.1. The number of carboxylic acids is 1. The molecule has 21 heavy (non-hydrogen) atoms. The fourth-order valence-corrected chi connectivity index (χ4v) is 2.40. The smallest absolute Gasteiger partial charge is 0.406 e. The Balaban J connectivity index is 2.26. The highest BCUT2D eigenvalue weighted by Gasteiger charge is 2.64. The van der Waals surface area contributed by atoms with Crippen LogP contribution in [0.15, 0.2) is 18.3 Å². The molecule has 1 saturated heterocycles. The van der Waals surface area contributed by atoms with E-state index in [-0.39, 0.29) is 17.3 Å². The molecule has 1 aromatic heterocycles. The number of rotatable bonds is 2. The van der Waals surface area contributed by atoms with E-state index in [1.165, 1.54) is 18.3 Å². The fourth-order valence-electron chi connectivity index (χ4n) is 2.23. The van der Waals surface area contributed by atoms with Gasteiger partial charge < -0.3 is 10.0 Å². The molecule has 0 bridgehead atoms. The third kappa shape index (κ3) is 2.67. The van der Waals surface area contributed by atoms with Crippen LogP contribution >= 0.6 is 11.6 Å². The van der Waals surface area contributed by atoms with E-state index in [4.69, 9.17) is 16.7 Å². The number of aromatic nitrogens is 1. The summed E-state index contributed by atoms with van der Waals surface area (Å²) in [5, 5.41) is 8.95. The number of likely N-dealkylation sites (tertiary alicyclic amines) is 1. The first kappa shape index (κ1) is 15.6. The van der Waals surface area contributed by atoms with Gasteiger partial charge in [0.25, 0.3) is 5.91 Å². The van der Waals surface area contributed by atoms with Crippen molar-refractivity contribution in [2.24, 2.45) is 5.41 Å². The molecule has 1 aliphatic rings. The van der Waals surface area contributed by atoms with E-state index in [1.54, 1.807) is 0 Å². The van der Waals surface area contributed by atoms with Crippen molar-refractivity contribution in [2.75, 3.05) is 13.1 Å². The van der Waals surface area contributed by atoms with Crippen molar-refractivity contribution in [1.82, 2.24) is 9.88 Å². The van der Waals surface area contributed by atoms with Crippen molar-refractivity contribution in [3.8, 4) is 0 Å². The second-order valence-electron chi connectivity index (χ2n) is 4.73. The van der Waals surface area contributed by atoms with Crippen molar-refractivity contribution in [3.63, 3.8) is 0 Å². The molecule has 5 nitrogen and oxygen atoms in total. The number of carboxylic acid groups (broad SMARTS) is 1. The third-order valence-corrected chi connectivity index (χ3v) is 3.69. The zero-order valence-electron chi connectivity index (χ0n) is 10.5. The van der Waals surface area contributed by atoms with Crippen molar-refractivity contribution in [2.45, 2.75) is 12.6 Å². The molecule has 1 atom stereocenters. The predicted octanol–water partition coefficient (Wildman–Crippen LogP) is 2.21. The Bertz CT molecular complexity index is 593. The van der Waals surface area contributed by atoms with E-state index in [0.29, 0.717) is 0 Å². The molecule has 114 valence electrons. The Kier molecular flexibility index (Phi) is 3.83. The van der Waals surface area contributed by atoms with Crippen LogP contribution in [0.5, 0.6) is 0 Å². The molecule has 1 N–H and O–H groups in total. The number of amides is 1. The highest BCUT2D eigenvalue weighted by atomic mass is 35.5. The molecule has 0 saturated carbocycles. The lowest BCUT2D eigenvalue weighted by atomic mass is 9.86. The number of aliphatic carboxylic acids is 1. The van der Waals surface area contributed by atoms with Gasteiger partial charge in [0.2, 0.25) is 0 Å². The molecule has 0 radical (unpaired) electrons. The van der Waals surface area contributed by atoms with Crippen LogP contribution in [0.25, 0.3) is 0 Å². The topological polar surface area (TPSA) is 70.5 Å². The number of halogens is 4. The van der Waals surface area contributed by atoms with Gasteiger partial charge in [-0.3, -0.25) is 9.59 Å². The molecule has 0 aromatic carbocycles. The fraction of sp³-hybridized carbons (Fsp3) is 0.417. The number of hydrogen-bond acceptors (Lipinski definition) is 3. The van der Waals surface area contributed by atoms with Crippen LogP contribution in [0.4, 0.5) is 13.2 Å². The summed E-state index contributed by atoms with van der Waals surface area (Å²) in [5.74, 6) is -2.68. The van der Waals surface area contributed by atoms with Crippen LogP contribution in [0.2, 0.25) is 5.15 Å². The standard InChI is InChI=1S/C12H10ClF3N2O3/c13-8-5-7(1-3-17-8)9(19)18-4-2-11(6-18,10(20)21)12(14,15)16/h1,3,5H,2,4,6H2,(H,20,21). The Labute approximate surface area is 122 Å². The number of carbonyl (C=O) groups excluding carboxylic acids is 1. The minimum absolute atomic E-state index is 0.0281. The molecule has 1 aliphatic heterocycles. The lowest BCUT2D eigenvalue weighted by Gasteiger charge is -2.27. The maximum absolute atomic E-state index is 13.0. The first-order valence-corrected chi connectivity index (χ1v) is 6.26. The summed E-state index contributed by atoms with van der Waals surface area (Å²) in [6.07, 6.45) is -4.35. The molecule has 1 fully saturated rings. The highest BCUT2D eigenvalue weighted by Crippen LogP contribution is 2.45. The predicted molar refractivity (Wildman–Crippen MR) is 65.9 cm³/mol. The monoisotopic (exact) mass is 322 g/mol. The van der Waals surface area contributed by atoms with Crippen LogP contribution in [0, 0.1) is 5.41 Å². The highest BCUT2D eigenvalue weighted by molar-refractivity contribution is 6.29. The Morgan fingerprint density at radius 2 is 2.10 bits per heavy atom. The number of hydrogen-bond donors (Lipinski definition) is 1. The van der Waals surface area contributed by atoms with Gasteiger partial charge in [0.05, 0.1) is 0 Å². The Hall–Kier alpha value is -1.83. The lowest BCUT2D eigenvalue weighted by Crippen LogP contribution is -2.47.